The summed E-state index contributed by atoms with van der Waals surface area (Å²) in [5.74, 6) is 0.304. The molecule has 3 heterocycles. The molecule has 174 valence electrons. The number of hydrogen-bond acceptors (Lipinski definition) is 9. The summed E-state index contributed by atoms with van der Waals surface area (Å²) in [5.41, 5.74) is 9.34. The number of ether oxygens (including phenoxy) is 1. The monoisotopic (exact) mass is 465 g/mol. The number of nitrogens with zero attached hydrogens (tertiary/aromatic N) is 5. The third-order valence-corrected chi connectivity index (χ3v) is 6.79. The maximum absolute atomic E-state index is 6.44. The molecule has 0 saturated carbocycles. The van der Waals surface area contributed by atoms with Gasteiger partial charge < -0.3 is 15.8 Å². The molecule has 33 heavy (non-hydrogen) atoms. The second-order valence-corrected chi connectivity index (χ2v) is 9.12. The third kappa shape index (κ3) is 6.20. The van der Waals surface area contributed by atoms with E-state index in [-0.39, 0.29) is 0 Å². The Morgan fingerprint density at radius 2 is 2.21 bits per heavy atom. The van der Waals surface area contributed by atoms with Gasteiger partial charge in [0.05, 0.1) is 28.7 Å². The molecule has 2 atom stereocenters. The van der Waals surface area contributed by atoms with Crippen LogP contribution in [0.3, 0.4) is 0 Å². The molecule has 0 spiro atoms. The van der Waals surface area contributed by atoms with Gasteiger partial charge in [-0.3, -0.25) is 9.88 Å². The number of pyridine rings is 1. The Bertz CT molecular complexity index is 1080. The average Bonchev–Trinajstić information content (AvgIpc) is 3.30. The molecule has 9 heteroatoms. The predicted octanol–water partition coefficient (Wildman–Crippen LogP) is 2.95. The molecule has 8 nitrogen and oxygen atoms in total. The fraction of sp³-hybridized carbons (Fsp3) is 0.417. The summed E-state index contributed by atoms with van der Waals surface area (Å²) < 4.78 is 6.97. The van der Waals surface area contributed by atoms with Crippen LogP contribution in [0.1, 0.15) is 30.1 Å². The first kappa shape index (κ1) is 23.4. The van der Waals surface area contributed by atoms with E-state index < -0.39 is 6.04 Å². The number of rotatable bonds is 11. The maximum atomic E-state index is 6.44. The van der Waals surface area contributed by atoms with Crippen molar-refractivity contribution in [2.75, 3.05) is 39.8 Å². The van der Waals surface area contributed by atoms with Gasteiger partial charge >= 0.3 is 6.01 Å². The van der Waals surface area contributed by atoms with E-state index in [9.17, 15) is 0 Å². The number of nitrogens with two attached hydrogens (primary N) is 1. The lowest BCUT2D eigenvalue weighted by Crippen LogP contribution is -2.32. The summed E-state index contributed by atoms with van der Waals surface area (Å²) in [6.45, 7) is 6.81. The first-order chi connectivity index (χ1) is 16.2. The van der Waals surface area contributed by atoms with Crippen molar-refractivity contribution in [2.45, 2.75) is 19.4 Å². The molecule has 0 aromatic carbocycles. The maximum Gasteiger partial charge on any atom is 0.316 e. The van der Waals surface area contributed by atoms with Crippen LogP contribution in [-0.4, -0.2) is 64.7 Å². The largest absolute Gasteiger partial charge is 0.463 e. The van der Waals surface area contributed by atoms with Gasteiger partial charge in [-0.15, -0.1) is 11.3 Å². The second-order valence-electron chi connectivity index (χ2n) is 8.05. The summed E-state index contributed by atoms with van der Waals surface area (Å²) >= 11 is 1.55. The molecule has 0 aliphatic heterocycles. The summed E-state index contributed by atoms with van der Waals surface area (Å²) in [5, 5.41) is 4.01. The summed E-state index contributed by atoms with van der Waals surface area (Å²) in [4.78, 5) is 20.0. The number of hydrogen-bond donors (Lipinski definition) is 2. The Morgan fingerprint density at radius 1 is 1.30 bits per heavy atom. The molecular weight excluding hydrogens is 434 g/mol. The van der Waals surface area contributed by atoms with Crippen molar-refractivity contribution in [3.05, 3.63) is 65.2 Å². The van der Waals surface area contributed by atoms with Crippen LogP contribution in [0.15, 0.2) is 54.5 Å². The Hall–Kier alpha value is -2.72. The molecule has 0 amide bonds. The van der Waals surface area contributed by atoms with E-state index in [0.717, 1.165) is 47.8 Å². The van der Waals surface area contributed by atoms with Gasteiger partial charge in [0.1, 0.15) is 11.0 Å². The second kappa shape index (κ2) is 11.4. The van der Waals surface area contributed by atoms with Gasteiger partial charge in [-0.05, 0) is 37.7 Å². The number of thiazole rings is 1. The summed E-state index contributed by atoms with van der Waals surface area (Å²) in [6.07, 6.45) is 12.9. The topological polar surface area (TPSA) is 102 Å². The highest BCUT2D eigenvalue weighted by Gasteiger charge is 2.18. The SMILES string of the molecule is CCN(CCNC)CC1=CCC(COc2nccc(C(N)c3nc4cnccc4s3)n2)C=C1. The van der Waals surface area contributed by atoms with Gasteiger partial charge in [-0.2, -0.15) is 4.98 Å². The molecule has 0 fully saturated rings. The Kier molecular flexibility index (Phi) is 8.11. The van der Waals surface area contributed by atoms with Crippen LogP contribution in [0.5, 0.6) is 6.01 Å². The van der Waals surface area contributed by atoms with E-state index >= 15 is 0 Å². The number of allylic oxidation sites excluding steroid dienone is 1. The zero-order valence-electron chi connectivity index (χ0n) is 19.1. The minimum absolute atomic E-state index is 0.304. The van der Waals surface area contributed by atoms with Crippen molar-refractivity contribution < 1.29 is 4.74 Å². The van der Waals surface area contributed by atoms with E-state index in [4.69, 9.17) is 10.5 Å². The van der Waals surface area contributed by atoms with Gasteiger partial charge in [-0.25, -0.2) is 9.97 Å². The molecule has 0 bridgehead atoms. The minimum Gasteiger partial charge on any atom is -0.463 e. The highest BCUT2D eigenvalue weighted by molar-refractivity contribution is 7.18. The lowest BCUT2D eigenvalue weighted by Gasteiger charge is -2.23. The summed E-state index contributed by atoms with van der Waals surface area (Å²) in [7, 11) is 1.99. The predicted molar refractivity (Wildman–Crippen MR) is 132 cm³/mol. The normalized spacial score (nSPS) is 16.8. The van der Waals surface area contributed by atoms with Crippen molar-refractivity contribution in [3.8, 4) is 6.01 Å². The molecule has 3 aromatic rings. The minimum atomic E-state index is -0.433. The number of nitrogens with one attached hydrogen (secondary N) is 1. The molecule has 3 N–H and O–H groups in total. The number of likely N-dealkylation sites (N-methyl/N-ethyl adjacent to an activating group) is 2. The molecule has 1 aliphatic carbocycles. The number of aromatic nitrogens is 4. The quantitative estimate of drug-likeness (QED) is 0.446. The fourth-order valence-corrected chi connectivity index (χ4v) is 4.61. The summed E-state index contributed by atoms with van der Waals surface area (Å²) in [6, 6.07) is 3.66. The van der Waals surface area contributed by atoms with Gasteiger partial charge in [0.2, 0.25) is 0 Å². The van der Waals surface area contributed by atoms with Crippen molar-refractivity contribution in [2.24, 2.45) is 11.7 Å². The van der Waals surface area contributed by atoms with Crippen LogP contribution in [0, 0.1) is 5.92 Å². The van der Waals surface area contributed by atoms with E-state index in [2.05, 4.69) is 55.3 Å². The fourth-order valence-electron chi connectivity index (χ4n) is 3.66. The zero-order valence-corrected chi connectivity index (χ0v) is 20.0. The van der Waals surface area contributed by atoms with Crippen LogP contribution >= 0.6 is 11.3 Å². The Labute approximate surface area is 198 Å². The smallest absolute Gasteiger partial charge is 0.316 e. The number of fused-ring (bicyclic) bond motifs is 1. The van der Waals surface area contributed by atoms with Crippen LogP contribution < -0.4 is 15.8 Å². The van der Waals surface area contributed by atoms with Crippen LogP contribution in [0.2, 0.25) is 0 Å². The van der Waals surface area contributed by atoms with E-state index in [1.54, 1.807) is 29.9 Å². The van der Waals surface area contributed by atoms with Crippen molar-refractivity contribution in [3.63, 3.8) is 0 Å². The first-order valence-electron chi connectivity index (χ1n) is 11.3. The van der Waals surface area contributed by atoms with Crippen molar-refractivity contribution in [1.29, 1.82) is 0 Å². The van der Waals surface area contributed by atoms with Crippen LogP contribution in [0.25, 0.3) is 10.2 Å². The van der Waals surface area contributed by atoms with Crippen LogP contribution in [0.4, 0.5) is 0 Å². The average molecular weight is 466 g/mol. The van der Waals surface area contributed by atoms with E-state index in [1.807, 2.05) is 19.2 Å². The van der Waals surface area contributed by atoms with E-state index in [1.165, 1.54) is 5.57 Å². The molecular formula is C24H31N7OS. The Balaban J connectivity index is 1.31. The third-order valence-electron chi connectivity index (χ3n) is 5.67. The van der Waals surface area contributed by atoms with E-state index in [0.29, 0.717) is 24.2 Å². The van der Waals surface area contributed by atoms with Gasteiger partial charge in [-0.1, -0.05) is 25.2 Å². The van der Waals surface area contributed by atoms with Gasteiger partial charge in [0, 0.05) is 37.9 Å². The molecule has 3 aromatic heterocycles. The zero-order chi connectivity index (χ0) is 23.0. The van der Waals surface area contributed by atoms with Crippen molar-refractivity contribution in [1.82, 2.24) is 30.2 Å². The molecule has 0 saturated heterocycles. The molecule has 1 aliphatic rings. The highest BCUT2D eigenvalue weighted by atomic mass is 32.1. The lowest BCUT2D eigenvalue weighted by atomic mass is 9.97. The first-order valence-corrected chi connectivity index (χ1v) is 12.1. The Morgan fingerprint density at radius 3 is 2.97 bits per heavy atom. The molecule has 4 rings (SSSR count). The molecule has 0 radical (unpaired) electrons. The highest BCUT2D eigenvalue weighted by Crippen LogP contribution is 2.28. The molecule has 2 unspecified atom stereocenters. The van der Waals surface area contributed by atoms with Gasteiger partial charge in [0.15, 0.2) is 0 Å². The van der Waals surface area contributed by atoms with Crippen LogP contribution in [-0.2, 0) is 0 Å². The lowest BCUT2D eigenvalue weighted by molar-refractivity contribution is 0.253. The van der Waals surface area contributed by atoms with Gasteiger partial charge in [0.25, 0.3) is 0 Å². The van der Waals surface area contributed by atoms with Crippen molar-refractivity contribution >= 4 is 21.6 Å². The standard InChI is InChI=1S/C24H31N7OS/c1-3-31(13-12-26-2)15-17-4-6-18(7-5-17)16-32-24-28-11-8-19(30-24)22(25)23-29-20-14-27-10-9-21(20)33-23/h4-6,8-11,14,18,22,26H,3,7,12-13,15-16,25H2,1-2H3.